The molecule has 2 aromatic carbocycles. The number of imidazole rings is 1. The lowest BCUT2D eigenvalue weighted by molar-refractivity contribution is -0.140. The van der Waals surface area contributed by atoms with E-state index in [2.05, 4.69) is 15.3 Å². The van der Waals surface area contributed by atoms with Crippen molar-refractivity contribution in [2.45, 2.75) is 38.8 Å². The Morgan fingerprint density at radius 3 is 2.50 bits per heavy atom. The number of likely N-dealkylation sites (tertiary alicyclic amines) is 1. The number of H-pyrrole nitrogens is 1. The molecule has 0 saturated carbocycles. The highest BCUT2D eigenvalue weighted by Crippen LogP contribution is 2.33. The first kappa shape index (κ1) is 23.2. The molecule has 2 amide bonds. The number of hydrogen-bond donors (Lipinski definition) is 2. The van der Waals surface area contributed by atoms with Crippen LogP contribution in [-0.2, 0) is 14.4 Å². The summed E-state index contributed by atoms with van der Waals surface area (Å²) in [6.07, 6.45) is 3.57. The van der Waals surface area contributed by atoms with Gasteiger partial charge in [-0.15, -0.1) is 0 Å². The van der Waals surface area contributed by atoms with E-state index in [0.29, 0.717) is 12.4 Å². The molecule has 1 fully saturated rings. The van der Waals surface area contributed by atoms with Crippen LogP contribution in [0.3, 0.4) is 0 Å². The van der Waals surface area contributed by atoms with Gasteiger partial charge in [-0.05, 0) is 60.7 Å². The average molecular weight is 461 g/mol. The Bertz CT molecular complexity index is 1140. The van der Waals surface area contributed by atoms with E-state index in [1.807, 2.05) is 68.4 Å². The van der Waals surface area contributed by atoms with Crippen LogP contribution in [0.4, 0.5) is 0 Å². The molecule has 8 nitrogen and oxygen atoms in total. The van der Waals surface area contributed by atoms with Gasteiger partial charge in [0.1, 0.15) is 23.4 Å². The summed E-state index contributed by atoms with van der Waals surface area (Å²) in [6, 6.07) is 16.3. The predicted octanol–water partition coefficient (Wildman–Crippen LogP) is 3.87. The Kier molecular flexibility index (Phi) is 7.06. The summed E-state index contributed by atoms with van der Waals surface area (Å²) < 4.78 is 5.85. The van der Waals surface area contributed by atoms with Gasteiger partial charge in [-0.1, -0.05) is 32.0 Å². The number of aldehydes is 1. The number of nitrogens with one attached hydrogen (secondary N) is 2. The van der Waals surface area contributed by atoms with Crippen molar-refractivity contribution in [3.05, 3.63) is 66.6 Å². The normalized spacial score (nSPS) is 16.3. The van der Waals surface area contributed by atoms with Gasteiger partial charge in [-0.25, -0.2) is 4.98 Å². The van der Waals surface area contributed by atoms with Crippen molar-refractivity contribution < 1.29 is 19.1 Å². The number of carbonyl (C=O) groups excluding carboxylic acids is 3. The van der Waals surface area contributed by atoms with Gasteiger partial charge in [0.05, 0.1) is 17.9 Å². The summed E-state index contributed by atoms with van der Waals surface area (Å²) in [5.74, 6) is 1.07. The fourth-order valence-corrected chi connectivity index (χ4v) is 4.17. The third-order valence-electron chi connectivity index (χ3n) is 5.93. The van der Waals surface area contributed by atoms with E-state index in [-0.39, 0.29) is 24.2 Å². The maximum Gasteiger partial charge on any atom is 0.284 e. The van der Waals surface area contributed by atoms with Gasteiger partial charge in [-0.3, -0.25) is 14.4 Å². The van der Waals surface area contributed by atoms with Crippen LogP contribution >= 0.6 is 0 Å². The van der Waals surface area contributed by atoms with Gasteiger partial charge >= 0.3 is 0 Å². The number of amides is 2. The number of benzene rings is 2. The Labute approximate surface area is 198 Å². The zero-order valence-electron chi connectivity index (χ0n) is 19.2. The molecule has 0 radical (unpaired) electrons. The SMILES string of the molecule is CC(C)[C@H](NC(=O)C=O)C(=O)N1CCC[C@H]1c1ncc(-c2ccc(Oc3ccccc3)cc2)[nH]1. The minimum atomic E-state index is -0.789. The monoisotopic (exact) mass is 460 g/mol. The molecule has 8 heteroatoms. The fraction of sp³-hybridized carbons (Fsp3) is 0.308. The van der Waals surface area contributed by atoms with Gasteiger partial charge in [0.15, 0.2) is 0 Å². The maximum absolute atomic E-state index is 13.2. The summed E-state index contributed by atoms with van der Waals surface area (Å²) in [5, 5.41) is 2.53. The van der Waals surface area contributed by atoms with Crippen molar-refractivity contribution in [3.63, 3.8) is 0 Å². The smallest absolute Gasteiger partial charge is 0.284 e. The number of nitrogens with zero attached hydrogens (tertiary/aromatic N) is 2. The number of carbonyl (C=O) groups is 3. The molecule has 34 heavy (non-hydrogen) atoms. The van der Waals surface area contributed by atoms with E-state index in [0.717, 1.165) is 35.6 Å². The lowest BCUT2D eigenvalue weighted by atomic mass is 10.0. The number of para-hydroxylation sites is 1. The van der Waals surface area contributed by atoms with Gasteiger partial charge in [-0.2, -0.15) is 0 Å². The Balaban J connectivity index is 1.48. The second kappa shape index (κ2) is 10.3. The summed E-state index contributed by atoms with van der Waals surface area (Å²) >= 11 is 0. The Morgan fingerprint density at radius 2 is 1.82 bits per heavy atom. The largest absolute Gasteiger partial charge is 0.457 e. The molecule has 1 aliphatic rings. The van der Waals surface area contributed by atoms with E-state index in [1.165, 1.54) is 0 Å². The third kappa shape index (κ3) is 5.17. The minimum Gasteiger partial charge on any atom is -0.457 e. The second-order valence-corrected chi connectivity index (χ2v) is 8.66. The van der Waals surface area contributed by atoms with E-state index >= 15 is 0 Å². The zero-order chi connectivity index (χ0) is 24.1. The van der Waals surface area contributed by atoms with Crippen molar-refractivity contribution in [2.24, 2.45) is 5.92 Å². The maximum atomic E-state index is 13.2. The third-order valence-corrected chi connectivity index (χ3v) is 5.93. The first-order valence-corrected chi connectivity index (χ1v) is 11.4. The first-order chi connectivity index (χ1) is 16.5. The van der Waals surface area contributed by atoms with Crippen LogP contribution in [0.2, 0.25) is 0 Å². The summed E-state index contributed by atoms with van der Waals surface area (Å²) in [4.78, 5) is 45.3. The van der Waals surface area contributed by atoms with Crippen LogP contribution in [0.1, 0.15) is 38.6 Å². The molecule has 4 rings (SSSR count). The highest BCUT2D eigenvalue weighted by molar-refractivity contribution is 6.24. The van der Waals surface area contributed by atoms with E-state index < -0.39 is 11.9 Å². The highest BCUT2D eigenvalue weighted by atomic mass is 16.5. The predicted molar refractivity (Wildman–Crippen MR) is 127 cm³/mol. The minimum absolute atomic E-state index is 0.151. The number of ether oxygens (including phenoxy) is 1. The summed E-state index contributed by atoms with van der Waals surface area (Å²) in [5.41, 5.74) is 1.79. The van der Waals surface area contributed by atoms with Crippen molar-refractivity contribution in [1.82, 2.24) is 20.2 Å². The van der Waals surface area contributed by atoms with E-state index in [9.17, 15) is 14.4 Å². The quantitative estimate of drug-likeness (QED) is 0.392. The molecular weight excluding hydrogens is 432 g/mol. The molecule has 0 bridgehead atoms. The lowest BCUT2D eigenvalue weighted by Crippen LogP contribution is -2.51. The summed E-state index contributed by atoms with van der Waals surface area (Å²) in [6.45, 7) is 4.26. The molecule has 1 aromatic heterocycles. The van der Waals surface area contributed by atoms with E-state index in [1.54, 1.807) is 11.1 Å². The zero-order valence-corrected chi connectivity index (χ0v) is 19.2. The van der Waals surface area contributed by atoms with Crippen LogP contribution in [-0.4, -0.2) is 45.6 Å². The van der Waals surface area contributed by atoms with Crippen LogP contribution in [0, 0.1) is 5.92 Å². The molecule has 176 valence electrons. The molecule has 2 N–H and O–H groups in total. The molecule has 2 atom stereocenters. The van der Waals surface area contributed by atoms with E-state index in [4.69, 9.17) is 4.74 Å². The van der Waals surface area contributed by atoms with Gasteiger partial charge in [0.2, 0.25) is 12.2 Å². The van der Waals surface area contributed by atoms with Crippen LogP contribution < -0.4 is 10.1 Å². The molecule has 0 unspecified atom stereocenters. The van der Waals surface area contributed by atoms with Crippen LogP contribution in [0.15, 0.2) is 60.8 Å². The molecule has 0 spiro atoms. The van der Waals surface area contributed by atoms with Crippen molar-refractivity contribution in [3.8, 4) is 22.8 Å². The van der Waals surface area contributed by atoms with Gasteiger partial charge in [0, 0.05) is 6.54 Å². The number of aromatic nitrogens is 2. The molecule has 0 aliphatic carbocycles. The van der Waals surface area contributed by atoms with Crippen molar-refractivity contribution >= 4 is 18.1 Å². The van der Waals surface area contributed by atoms with Crippen LogP contribution in [0.25, 0.3) is 11.3 Å². The standard InChI is InChI=1S/C26H28N4O4/c1-17(2)24(29-23(32)16-31)26(33)30-14-6-9-22(30)25-27-15-21(28-25)18-10-12-20(13-11-18)34-19-7-4-3-5-8-19/h3-5,7-8,10-13,15-17,22,24H,6,9,14H2,1-2H3,(H,27,28)(H,29,32)/t22-,24-/m0/s1. The lowest BCUT2D eigenvalue weighted by Gasteiger charge is -2.29. The van der Waals surface area contributed by atoms with Gasteiger partial charge < -0.3 is 19.9 Å². The van der Waals surface area contributed by atoms with Crippen molar-refractivity contribution in [1.29, 1.82) is 0 Å². The Hall–Kier alpha value is -3.94. The van der Waals surface area contributed by atoms with Crippen LogP contribution in [0.5, 0.6) is 11.5 Å². The topological polar surface area (TPSA) is 104 Å². The van der Waals surface area contributed by atoms with Gasteiger partial charge in [0.25, 0.3) is 5.91 Å². The van der Waals surface area contributed by atoms with Crippen molar-refractivity contribution in [2.75, 3.05) is 6.54 Å². The number of hydrogen-bond acceptors (Lipinski definition) is 5. The second-order valence-electron chi connectivity index (χ2n) is 8.66. The molecule has 1 saturated heterocycles. The first-order valence-electron chi connectivity index (χ1n) is 11.4. The molecule has 1 aliphatic heterocycles. The fourth-order valence-electron chi connectivity index (χ4n) is 4.17. The Morgan fingerprint density at radius 1 is 1.12 bits per heavy atom. The number of rotatable bonds is 8. The molecule has 2 heterocycles. The molecule has 3 aromatic rings. The summed E-state index contributed by atoms with van der Waals surface area (Å²) in [7, 11) is 0. The average Bonchev–Trinajstić information content (AvgIpc) is 3.53. The molecular formula is C26H28N4O4. The highest BCUT2D eigenvalue weighted by Gasteiger charge is 2.37. The number of aromatic amines is 1.